The Kier molecular flexibility index (Phi) is 4.21. The van der Waals surface area contributed by atoms with Crippen LogP contribution in [0.3, 0.4) is 0 Å². The van der Waals surface area contributed by atoms with Crippen LogP contribution >= 0.6 is 0 Å². The fourth-order valence-electron chi connectivity index (χ4n) is 2.12. The molecule has 1 rings (SSSR count). The van der Waals surface area contributed by atoms with E-state index in [4.69, 9.17) is 5.11 Å². The number of hydrogen-bond acceptors (Lipinski definition) is 3. The number of carbonyl (C=O) groups is 2. The molecule has 0 heterocycles. The van der Waals surface area contributed by atoms with Crippen LogP contribution in [-0.2, 0) is 4.79 Å². The first kappa shape index (κ1) is 14.8. The molecule has 6 nitrogen and oxygen atoms in total. The summed E-state index contributed by atoms with van der Waals surface area (Å²) in [6.45, 7) is 5.14. The van der Waals surface area contributed by atoms with Gasteiger partial charge in [0.2, 0.25) is 0 Å². The molecule has 6 heteroatoms. The van der Waals surface area contributed by atoms with Crippen LogP contribution in [0.15, 0.2) is 0 Å². The molecular weight excluding hydrogens is 236 g/mol. The highest BCUT2D eigenvalue weighted by molar-refractivity contribution is 5.79. The quantitative estimate of drug-likeness (QED) is 0.596. The summed E-state index contributed by atoms with van der Waals surface area (Å²) in [5.41, 5.74) is -1.70. The van der Waals surface area contributed by atoms with E-state index in [0.29, 0.717) is 0 Å². The third kappa shape index (κ3) is 4.18. The molecule has 0 saturated heterocycles. The zero-order chi connectivity index (χ0) is 14.0. The Balaban J connectivity index is 2.33. The number of hydrogen-bond donors (Lipinski definition) is 4. The van der Waals surface area contributed by atoms with Gasteiger partial charge in [-0.3, -0.25) is 0 Å². The predicted molar refractivity (Wildman–Crippen MR) is 66.2 cm³/mol. The SMILES string of the molecule is CC1(C)CCC(NC(=O)NCC(C)(O)C(=O)O)C1. The molecule has 0 aromatic heterocycles. The monoisotopic (exact) mass is 258 g/mol. The summed E-state index contributed by atoms with van der Waals surface area (Å²) < 4.78 is 0. The van der Waals surface area contributed by atoms with Crippen molar-refractivity contribution in [2.75, 3.05) is 6.54 Å². The minimum absolute atomic E-state index is 0.120. The average molecular weight is 258 g/mol. The Labute approximate surface area is 107 Å². The van der Waals surface area contributed by atoms with E-state index in [1.165, 1.54) is 0 Å². The molecule has 0 radical (unpaired) electrons. The molecule has 2 amide bonds. The number of carboxylic acids is 1. The Morgan fingerprint density at radius 2 is 2.06 bits per heavy atom. The molecule has 1 aliphatic rings. The highest BCUT2D eigenvalue weighted by Gasteiger charge is 2.33. The number of aliphatic carboxylic acids is 1. The van der Waals surface area contributed by atoms with Gasteiger partial charge in [-0.25, -0.2) is 9.59 Å². The molecule has 104 valence electrons. The lowest BCUT2D eigenvalue weighted by atomic mass is 9.92. The van der Waals surface area contributed by atoms with E-state index in [2.05, 4.69) is 24.5 Å². The van der Waals surface area contributed by atoms with E-state index in [9.17, 15) is 14.7 Å². The number of carbonyl (C=O) groups excluding carboxylic acids is 1. The van der Waals surface area contributed by atoms with Gasteiger partial charge in [-0.2, -0.15) is 0 Å². The molecule has 2 unspecified atom stereocenters. The fourth-order valence-corrected chi connectivity index (χ4v) is 2.12. The third-order valence-corrected chi connectivity index (χ3v) is 3.36. The number of amides is 2. The maximum absolute atomic E-state index is 11.6. The highest BCUT2D eigenvalue weighted by atomic mass is 16.4. The molecular formula is C12H22N2O4. The van der Waals surface area contributed by atoms with Crippen molar-refractivity contribution in [3.05, 3.63) is 0 Å². The van der Waals surface area contributed by atoms with E-state index in [0.717, 1.165) is 26.2 Å². The van der Waals surface area contributed by atoms with E-state index < -0.39 is 17.6 Å². The van der Waals surface area contributed by atoms with E-state index in [1.807, 2.05) is 0 Å². The van der Waals surface area contributed by atoms with Crippen LogP contribution in [0.4, 0.5) is 4.79 Å². The zero-order valence-corrected chi connectivity index (χ0v) is 11.1. The predicted octanol–water partition coefficient (Wildman–Crippen LogP) is 0.700. The van der Waals surface area contributed by atoms with Gasteiger partial charge < -0.3 is 20.8 Å². The number of aliphatic hydroxyl groups is 1. The van der Waals surface area contributed by atoms with Gasteiger partial charge >= 0.3 is 12.0 Å². The summed E-state index contributed by atoms with van der Waals surface area (Å²) in [4.78, 5) is 22.2. The van der Waals surface area contributed by atoms with Crippen LogP contribution in [0.1, 0.15) is 40.0 Å². The molecule has 0 aliphatic heterocycles. The molecule has 1 saturated carbocycles. The second-order valence-corrected chi connectivity index (χ2v) is 6.01. The Bertz CT molecular complexity index is 339. The molecule has 0 spiro atoms. The van der Waals surface area contributed by atoms with Crippen LogP contribution in [0.25, 0.3) is 0 Å². The van der Waals surface area contributed by atoms with Crippen LogP contribution in [-0.4, -0.2) is 40.4 Å². The van der Waals surface area contributed by atoms with Crippen molar-refractivity contribution in [2.45, 2.75) is 51.7 Å². The van der Waals surface area contributed by atoms with Crippen molar-refractivity contribution in [1.82, 2.24) is 10.6 Å². The second kappa shape index (κ2) is 5.14. The van der Waals surface area contributed by atoms with Crippen molar-refractivity contribution in [2.24, 2.45) is 5.41 Å². The number of nitrogens with one attached hydrogen (secondary N) is 2. The van der Waals surface area contributed by atoms with Gasteiger partial charge in [-0.15, -0.1) is 0 Å². The highest BCUT2D eigenvalue weighted by Crippen LogP contribution is 2.36. The lowest BCUT2D eigenvalue weighted by molar-refractivity contribution is -0.155. The van der Waals surface area contributed by atoms with Crippen LogP contribution in [0, 0.1) is 5.41 Å². The van der Waals surface area contributed by atoms with Crippen molar-refractivity contribution in [3.8, 4) is 0 Å². The van der Waals surface area contributed by atoms with Crippen LogP contribution in [0.2, 0.25) is 0 Å². The third-order valence-electron chi connectivity index (χ3n) is 3.36. The molecule has 1 aliphatic carbocycles. The zero-order valence-electron chi connectivity index (χ0n) is 11.1. The Morgan fingerprint density at radius 3 is 2.50 bits per heavy atom. The summed E-state index contributed by atoms with van der Waals surface area (Å²) in [6, 6.07) is -0.311. The van der Waals surface area contributed by atoms with Gasteiger partial charge in [0.25, 0.3) is 0 Å². The lowest BCUT2D eigenvalue weighted by Gasteiger charge is -2.21. The Morgan fingerprint density at radius 1 is 1.44 bits per heavy atom. The summed E-state index contributed by atoms with van der Waals surface area (Å²) in [5, 5.41) is 23.3. The van der Waals surface area contributed by atoms with E-state index >= 15 is 0 Å². The first-order valence-electron chi connectivity index (χ1n) is 6.12. The lowest BCUT2D eigenvalue weighted by Crippen LogP contribution is -2.50. The van der Waals surface area contributed by atoms with Crippen molar-refractivity contribution >= 4 is 12.0 Å². The van der Waals surface area contributed by atoms with Gasteiger partial charge in [0.15, 0.2) is 5.60 Å². The normalized spacial score (nSPS) is 25.2. The van der Waals surface area contributed by atoms with Crippen molar-refractivity contribution in [1.29, 1.82) is 0 Å². The summed E-state index contributed by atoms with van der Waals surface area (Å²) >= 11 is 0. The molecule has 0 bridgehead atoms. The minimum atomic E-state index is -1.94. The maximum atomic E-state index is 11.6. The summed E-state index contributed by atoms with van der Waals surface area (Å²) in [7, 11) is 0. The van der Waals surface area contributed by atoms with E-state index in [-0.39, 0.29) is 18.0 Å². The molecule has 1 fully saturated rings. The second-order valence-electron chi connectivity index (χ2n) is 6.01. The number of urea groups is 1. The van der Waals surface area contributed by atoms with Crippen LogP contribution < -0.4 is 10.6 Å². The Hall–Kier alpha value is -1.30. The van der Waals surface area contributed by atoms with Gasteiger partial charge in [-0.05, 0) is 31.6 Å². The fraction of sp³-hybridized carbons (Fsp3) is 0.833. The first-order chi connectivity index (χ1) is 8.12. The first-order valence-corrected chi connectivity index (χ1v) is 6.12. The average Bonchev–Trinajstić information content (AvgIpc) is 2.55. The molecule has 0 aromatic rings. The van der Waals surface area contributed by atoms with E-state index in [1.54, 1.807) is 0 Å². The van der Waals surface area contributed by atoms with Gasteiger partial charge in [0, 0.05) is 6.04 Å². The smallest absolute Gasteiger partial charge is 0.337 e. The number of rotatable bonds is 4. The molecule has 2 atom stereocenters. The summed E-state index contributed by atoms with van der Waals surface area (Å²) in [5.74, 6) is -1.36. The van der Waals surface area contributed by atoms with Gasteiger partial charge in [0.05, 0.1) is 6.54 Å². The molecule has 4 N–H and O–H groups in total. The molecule has 0 aromatic carbocycles. The van der Waals surface area contributed by atoms with Crippen LogP contribution in [0.5, 0.6) is 0 Å². The number of carboxylic acid groups (broad SMARTS) is 1. The standard InChI is InChI=1S/C12H22N2O4/c1-11(2)5-4-8(6-11)14-10(17)13-7-12(3,18)9(15)16/h8,18H,4-7H2,1-3H3,(H,15,16)(H2,13,14,17). The maximum Gasteiger partial charge on any atom is 0.337 e. The molecule has 18 heavy (non-hydrogen) atoms. The van der Waals surface area contributed by atoms with Crippen molar-refractivity contribution < 1.29 is 19.8 Å². The van der Waals surface area contributed by atoms with Gasteiger partial charge in [0.1, 0.15) is 0 Å². The topological polar surface area (TPSA) is 98.7 Å². The minimum Gasteiger partial charge on any atom is -0.479 e. The van der Waals surface area contributed by atoms with Crippen molar-refractivity contribution in [3.63, 3.8) is 0 Å². The van der Waals surface area contributed by atoms with Gasteiger partial charge in [-0.1, -0.05) is 13.8 Å². The largest absolute Gasteiger partial charge is 0.479 e. The summed E-state index contributed by atoms with van der Waals surface area (Å²) in [6.07, 6.45) is 2.90.